The molecule has 0 aliphatic heterocycles. The zero-order chi connectivity index (χ0) is 13.1. The highest BCUT2D eigenvalue weighted by Crippen LogP contribution is 2.28. The van der Waals surface area contributed by atoms with E-state index >= 15 is 0 Å². The molecule has 94 valence electrons. The fourth-order valence-electron chi connectivity index (χ4n) is 2.22. The smallest absolute Gasteiger partial charge is 0.331 e. The first-order valence-electron chi connectivity index (χ1n) is 6.06. The number of fused-ring (bicyclic) bond motifs is 1. The Kier molecular flexibility index (Phi) is 3.51. The van der Waals surface area contributed by atoms with E-state index < -0.39 is 0 Å². The number of carbonyl (C=O) groups excluding carboxylic acids is 1. The molecule has 1 N–H and O–H groups in total. The summed E-state index contributed by atoms with van der Waals surface area (Å²) < 4.78 is 4.94. The van der Waals surface area contributed by atoms with Crippen LogP contribution in [0.4, 0.5) is 0 Å². The van der Waals surface area contributed by atoms with Crippen LogP contribution in [0, 0.1) is 6.92 Å². The van der Waals surface area contributed by atoms with Crippen LogP contribution in [-0.2, 0) is 9.53 Å². The maximum atomic E-state index is 11.5. The predicted octanol–water partition coefficient (Wildman–Crippen LogP) is 3.44. The van der Waals surface area contributed by atoms with Gasteiger partial charge in [-0.15, -0.1) is 0 Å². The molecular weight excluding hydrogens is 226 g/mol. The van der Waals surface area contributed by atoms with E-state index in [1.807, 2.05) is 32.0 Å². The Hall–Kier alpha value is -2.03. The minimum Gasteiger partial charge on any atom is -0.463 e. The molecule has 2 rings (SSSR count). The number of aromatic nitrogens is 1. The van der Waals surface area contributed by atoms with Crippen LogP contribution in [0.5, 0.6) is 0 Å². The largest absolute Gasteiger partial charge is 0.463 e. The van der Waals surface area contributed by atoms with Gasteiger partial charge in [-0.1, -0.05) is 18.2 Å². The van der Waals surface area contributed by atoms with Crippen molar-refractivity contribution in [2.24, 2.45) is 0 Å². The summed E-state index contributed by atoms with van der Waals surface area (Å²) in [5.41, 5.74) is 4.15. The van der Waals surface area contributed by atoms with Gasteiger partial charge in [0.25, 0.3) is 0 Å². The number of H-pyrrole nitrogens is 1. The molecular formula is C15H17NO2. The zero-order valence-corrected chi connectivity index (χ0v) is 10.9. The van der Waals surface area contributed by atoms with E-state index in [9.17, 15) is 4.79 Å². The molecule has 0 amide bonds. The molecule has 3 nitrogen and oxygen atoms in total. The van der Waals surface area contributed by atoms with Crippen LogP contribution in [0.25, 0.3) is 16.5 Å². The number of esters is 1. The van der Waals surface area contributed by atoms with Gasteiger partial charge in [-0.25, -0.2) is 4.79 Å². The molecule has 2 aromatic rings. The van der Waals surface area contributed by atoms with Crippen LogP contribution in [0.15, 0.2) is 30.3 Å². The number of aromatic amines is 1. The molecule has 0 aliphatic rings. The molecule has 3 heteroatoms. The number of allylic oxidation sites excluding steroid dienone is 1. The van der Waals surface area contributed by atoms with Crippen LogP contribution >= 0.6 is 0 Å². The molecule has 0 atom stereocenters. The normalized spacial score (nSPS) is 11.8. The third-order valence-electron chi connectivity index (χ3n) is 2.91. The minimum atomic E-state index is -0.292. The van der Waals surface area contributed by atoms with Gasteiger partial charge in [-0.3, -0.25) is 0 Å². The first-order chi connectivity index (χ1) is 8.63. The van der Waals surface area contributed by atoms with Crippen molar-refractivity contribution in [3.8, 4) is 0 Å². The Labute approximate surface area is 106 Å². The molecule has 0 saturated heterocycles. The molecule has 0 unspecified atom stereocenters. The zero-order valence-electron chi connectivity index (χ0n) is 10.9. The average molecular weight is 243 g/mol. The number of para-hydroxylation sites is 1. The highest BCUT2D eigenvalue weighted by molar-refractivity contribution is 5.99. The summed E-state index contributed by atoms with van der Waals surface area (Å²) in [6.45, 7) is 6.14. The van der Waals surface area contributed by atoms with Crippen molar-refractivity contribution < 1.29 is 9.53 Å². The first-order valence-corrected chi connectivity index (χ1v) is 6.06. The maximum absolute atomic E-state index is 11.5. The number of ether oxygens (including phenoxy) is 1. The second kappa shape index (κ2) is 5.08. The van der Waals surface area contributed by atoms with E-state index in [0.29, 0.717) is 6.61 Å². The number of benzene rings is 1. The summed E-state index contributed by atoms with van der Waals surface area (Å²) in [6, 6.07) is 8.07. The second-order valence-corrected chi connectivity index (χ2v) is 4.25. The number of aryl methyl sites for hydroxylation is 1. The van der Waals surface area contributed by atoms with Gasteiger partial charge in [-0.05, 0) is 32.4 Å². The highest BCUT2D eigenvalue weighted by Gasteiger charge is 2.10. The number of carbonyl (C=O) groups is 1. The lowest BCUT2D eigenvalue weighted by Crippen LogP contribution is -2.00. The third-order valence-corrected chi connectivity index (χ3v) is 2.91. The molecule has 1 heterocycles. The monoisotopic (exact) mass is 243 g/mol. The van der Waals surface area contributed by atoms with Gasteiger partial charge in [0, 0.05) is 28.2 Å². The Morgan fingerprint density at radius 3 is 2.83 bits per heavy atom. The number of rotatable bonds is 3. The van der Waals surface area contributed by atoms with E-state index in [-0.39, 0.29) is 5.97 Å². The van der Waals surface area contributed by atoms with E-state index in [1.165, 1.54) is 0 Å². The van der Waals surface area contributed by atoms with E-state index in [0.717, 1.165) is 27.7 Å². The number of hydrogen-bond donors (Lipinski definition) is 1. The Bertz CT molecular complexity index is 608. The van der Waals surface area contributed by atoms with Crippen molar-refractivity contribution in [3.63, 3.8) is 0 Å². The van der Waals surface area contributed by atoms with E-state index in [4.69, 9.17) is 4.74 Å². The standard InChI is InChI=1S/C15H17NO2/c1-4-18-14(17)9-10(2)15-11(3)16-13-8-6-5-7-12(13)15/h5-9,16H,4H2,1-3H3/b10-9+. The molecule has 0 bridgehead atoms. The van der Waals surface area contributed by atoms with Gasteiger partial charge in [0.05, 0.1) is 6.61 Å². The van der Waals surface area contributed by atoms with Gasteiger partial charge in [-0.2, -0.15) is 0 Å². The summed E-state index contributed by atoms with van der Waals surface area (Å²) in [5, 5.41) is 1.13. The molecule has 1 aromatic carbocycles. The molecule has 1 aromatic heterocycles. The first kappa shape index (κ1) is 12.4. The van der Waals surface area contributed by atoms with E-state index in [1.54, 1.807) is 13.0 Å². The fraction of sp³-hybridized carbons (Fsp3) is 0.267. The highest BCUT2D eigenvalue weighted by atomic mass is 16.5. The van der Waals surface area contributed by atoms with Crippen molar-refractivity contribution in [1.82, 2.24) is 4.98 Å². The Morgan fingerprint density at radius 1 is 1.39 bits per heavy atom. The predicted molar refractivity (Wildman–Crippen MR) is 73.3 cm³/mol. The van der Waals surface area contributed by atoms with Crippen molar-refractivity contribution in [2.45, 2.75) is 20.8 Å². The Balaban J connectivity index is 2.47. The van der Waals surface area contributed by atoms with E-state index in [2.05, 4.69) is 11.1 Å². The molecule has 18 heavy (non-hydrogen) atoms. The van der Waals surface area contributed by atoms with Gasteiger partial charge in [0.1, 0.15) is 0 Å². The van der Waals surface area contributed by atoms with Gasteiger partial charge in [0.15, 0.2) is 0 Å². The lowest BCUT2D eigenvalue weighted by atomic mass is 10.0. The van der Waals surface area contributed by atoms with Gasteiger partial charge in [0.2, 0.25) is 0 Å². The van der Waals surface area contributed by atoms with Crippen molar-refractivity contribution in [2.75, 3.05) is 6.61 Å². The lowest BCUT2D eigenvalue weighted by Gasteiger charge is -2.02. The summed E-state index contributed by atoms with van der Waals surface area (Å²) in [5.74, 6) is -0.292. The number of nitrogens with one attached hydrogen (secondary N) is 1. The lowest BCUT2D eigenvalue weighted by molar-refractivity contribution is -0.137. The van der Waals surface area contributed by atoms with Gasteiger partial charge >= 0.3 is 5.97 Å². The van der Waals surface area contributed by atoms with Crippen molar-refractivity contribution >= 4 is 22.4 Å². The molecule has 0 radical (unpaired) electrons. The molecule has 0 spiro atoms. The van der Waals surface area contributed by atoms with Crippen LogP contribution in [0.2, 0.25) is 0 Å². The number of hydrogen-bond acceptors (Lipinski definition) is 2. The summed E-state index contributed by atoms with van der Waals surface area (Å²) >= 11 is 0. The average Bonchev–Trinajstić information content (AvgIpc) is 2.64. The second-order valence-electron chi connectivity index (χ2n) is 4.25. The third kappa shape index (κ3) is 2.30. The van der Waals surface area contributed by atoms with Crippen LogP contribution in [0.1, 0.15) is 25.1 Å². The maximum Gasteiger partial charge on any atom is 0.331 e. The van der Waals surface area contributed by atoms with Crippen LogP contribution in [0.3, 0.4) is 0 Å². The summed E-state index contributed by atoms with van der Waals surface area (Å²) in [4.78, 5) is 14.8. The molecule has 0 fully saturated rings. The van der Waals surface area contributed by atoms with Crippen LogP contribution < -0.4 is 0 Å². The molecule has 0 saturated carbocycles. The minimum absolute atomic E-state index is 0.292. The van der Waals surface area contributed by atoms with Crippen molar-refractivity contribution in [1.29, 1.82) is 0 Å². The molecule has 0 aliphatic carbocycles. The quantitative estimate of drug-likeness (QED) is 0.662. The SMILES string of the molecule is CCOC(=O)/C=C(\C)c1c(C)[nH]c2ccccc12. The van der Waals surface area contributed by atoms with Gasteiger partial charge < -0.3 is 9.72 Å². The Morgan fingerprint density at radius 2 is 2.11 bits per heavy atom. The summed E-state index contributed by atoms with van der Waals surface area (Å²) in [6.07, 6.45) is 1.55. The topological polar surface area (TPSA) is 42.1 Å². The summed E-state index contributed by atoms with van der Waals surface area (Å²) in [7, 11) is 0. The van der Waals surface area contributed by atoms with Crippen molar-refractivity contribution in [3.05, 3.63) is 41.6 Å². The fourth-order valence-corrected chi connectivity index (χ4v) is 2.22. The van der Waals surface area contributed by atoms with Crippen LogP contribution in [-0.4, -0.2) is 17.6 Å².